The molecule has 0 aliphatic carbocycles. The van der Waals surface area contributed by atoms with E-state index >= 15 is 0 Å². The molecule has 3 nitrogen and oxygen atoms in total. The summed E-state index contributed by atoms with van der Waals surface area (Å²) in [6.07, 6.45) is 0.755. The maximum atomic E-state index is 13.0. The van der Waals surface area contributed by atoms with Crippen molar-refractivity contribution >= 4 is 0 Å². The van der Waals surface area contributed by atoms with Gasteiger partial charge in [-0.2, -0.15) is 13.2 Å². The molecular weight excluding hydrogens is 485 g/mol. The minimum absolute atomic E-state index is 0.210. The summed E-state index contributed by atoms with van der Waals surface area (Å²) >= 11 is 0. The van der Waals surface area contributed by atoms with Crippen LogP contribution in [-0.4, -0.2) is 16.2 Å². The van der Waals surface area contributed by atoms with Crippen LogP contribution in [0.1, 0.15) is 34.4 Å². The number of imidazole rings is 1. The molecule has 0 saturated heterocycles. The van der Waals surface area contributed by atoms with Crippen molar-refractivity contribution in [1.29, 1.82) is 0 Å². The topological polar surface area (TPSA) is 27.1 Å². The molecule has 4 aromatic carbocycles. The fourth-order valence-corrected chi connectivity index (χ4v) is 4.87. The molecule has 0 spiro atoms. The van der Waals surface area contributed by atoms with Crippen LogP contribution in [0.2, 0.25) is 0 Å². The summed E-state index contributed by atoms with van der Waals surface area (Å²) in [7, 11) is 0. The van der Waals surface area contributed by atoms with Gasteiger partial charge in [-0.05, 0) is 47.7 Å². The number of halogens is 3. The monoisotopic (exact) mass is 512 g/mol. The lowest BCUT2D eigenvalue weighted by atomic mass is 9.77. The third-order valence-corrected chi connectivity index (χ3v) is 6.61. The first-order chi connectivity index (χ1) is 18.5. The maximum Gasteiger partial charge on any atom is 0.416 e. The van der Waals surface area contributed by atoms with E-state index in [1.54, 1.807) is 0 Å². The van der Waals surface area contributed by atoms with Crippen molar-refractivity contribution in [3.05, 3.63) is 156 Å². The molecule has 192 valence electrons. The van der Waals surface area contributed by atoms with Gasteiger partial charge in [0, 0.05) is 6.20 Å². The Kier molecular flexibility index (Phi) is 7.31. The second-order valence-corrected chi connectivity index (χ2v) is 9.06. The molecule has 1 aromatic heterocycles. The molecule has 5 aromatic rings. The lowest BCUT2D eigenvalue weighted by Gasteiger charge is -2.37. The van der Waals surface area contributed by atoms with Crippen LogP contribution in [0, 0.1) is 0 Å². The predicted molar refractivity (Wildman–Crippen MR) is 142 cm³/mol. The number of benzene rings is 4. The number of aryl methyl sites for hydroxylation is 1. The van der Waals surface area contributed by atoms with Gasteiger partial charge in [-0.25, -0.2) is 4.98 Å². The molecule has 0 unspecified atom stereocenters. The molecule has 0 radical (unpaired) electrons. The van der Waals surface area contributed by atoms with Crippen LogP contribution < -0.4 is 4.74 Å². The summed E-state index contributed by atoms with van der Waals surface area (Å²) in [5.41, 5.74) is 2.85. The summed E-state index contributed by atoms with van der Waals surface area (Å²) in [4.78, 5) is 4.71. The summed E-state index contributed by atoms with van der Waals surface area (Å²) in [5.74, 6) is 0.210. The Hall–Kier alpha value is -4.32. The molecule has 38 heavy (non-hydrogen) atoms. The van der Waals surface area contributed by atoms with Crippen LogP contribution in [0.5, 0.6) is 5.75 Å². The van der Waals surface area contributed by atoms with E-state index in [1.807, 2.05) is 60.9 Å². The van der Waals surface area contributed by atoms with E-state index in [0.29, 0.717) is 12.8 Å². The molecule has 0 aliphatic heterocycles. The van der Waals surface area contributed by atoms with Crippen molar-refractivity contribution in [1.82, 2.24) is 9.55 Å². The molecule has 1 heterocycles. The minimum Gasteiger partial charge on any atom is -0.494 e. The zero-order valence-electron chi connectivity index (χ0n) is 20.7. The lowest BCUT2D eigenvalue weighted by molar-refractivity contribution is -0.137. The molecule has 0 atom stereocenters. The summed E-state index contributed by atoms with van der Waals surface area (Å²) in [6.45, 7) is 0.287. The Morgan fingerprint density at radius 3 is 1.71 bits per heavy atom. The Labute approximate surface area is 220 Å². The Balaban J connectivity index is 1.41. The first-order valence-corrected chi connectivity index (χ1v) is 12.5. The molecule has 0 aliphatic rings. The van der Waals surface area contributed by atoms with Gasteiger partial charge in [0.2, 0.25) is 0 Å². The average Bonchev–Trinajstić information content (AvgIpc) is 3.42. The normalized spacial score (nSPS) is 11.9. The molecule has 0 amide bonds. The fourth-order valence-electron chi connectivity index (χ4n) is 4.87. The molecule has 0 bridgehead atoms. The minimum atomic E-state index is -4.39. The van der Waals surface area contributed by atoms with Crippen molar-refractivity contribution in [3.63, 3.8) is 0 Å². The highest BCUT2D eigenvalue weighted by atomic mass is 19.4. The second kappa shape index (κ2) is 11.0. The van der Waals surface area contributed by atoms with E-state index in [4.69, 9.17) is 9.72 Å². The number of alkyl halides is 3. The Morgan fingerprint density at radius 2 is 1.18 bits per heavy atom. The van der Waals surface area contributed by atoms with Gasteiger partial charge in [0.25, 0.3) is 0 Å². The third-order valence-electron chi connectivity index (χ3n) is 6.61. The molecule has 6 heteroatoms. The quantitative estimate of drug-likeness (QED) is 0.149. The Morgan fingerprint density at radius 1 is 0.658 bits per heavy atom. The van der Waals surface area contributed by atoms with Gasteiger partial charge >= 0.3 is 6.18 Å². The third kappa shape index (κ3) is 5.21. The average molecular weight is 513 g/mol. The fraction of sp³-hybridized carbons (Fsp3) is 0.156. The lowest BCUT2D eigenvalue weighted by Crippen LogP contribution is -2.36. The largest absolute Gasteiger partial charge is 0.494 e. The summed E-state index contributed by atoms with van der Waals surface area (Å²) in [5, 5.41) is 0. The van der Waals surface area contributed by atoms with Crippen molar-refractivity contribution in [2.45, 2.75) is 24.6 Å². The van der Waals surface area contributed by atoms with E-state index in [0.717, 1.165) is 34.5 Å². The number of rotatable bonds is 9. The van der Waals surface area contributed by atoms with Gasteiger partial charge in [0.05, 0.1) is 24.2 Å². The van der Waals surface area contributed by atoms with E-state index in [2.05, 4.69) is 47.2 Å². The molecule has 0 fully saturated rings. The van der Waals surface area contributed by atoms with Gasteiger partial charge in [0.1, 0.15) is 11.3 Å². The van der Waals surface area contributed by atoms with Gasteiger partial charge < -0.3 is 9.30 Å². The van der Waals surface area contributed by atoms with E-state index in [9.17, 15) is 13.2 Å². The smallest absolute Gasteiger partial charge is 0.416 e. The van der Waals surface area contributed by atoms with Crippen LogP contribution in [0.15, 0.2) is 128 Å². The number of ether oxygens (including phenoxy) is 1. The zero-order valence-corrected chi connectivity index (χ0v) is 20.7. The number of aromatic nitrogens is 2. The maximum absolute atomic E-state index is 13.0. The Bertz CT molecular complexity index is 1350. The molecule has 0 N–H and O–H groups in total. The number of hydrogen-bond acceptors (Lipinski definition) is 2. The molecular formula is C32H27F3N2O. The first-order valence-electron chi connectivity index (χ1n) is 12.5. The highest BCUT2D eigenvalue weighted by Gasteiger charge is 2.38. The summed E-state index contributed by atoms with van der Waals surface area (Å²) in [6, 6.07) is 36.0. The van der Waals surface area contributed by atoms with Crippen molar-refractivity contribution < 1.29 is 17.9 Å². The van der Waals surface area contributed by atoms with Crippen molar-refractivity contribution in [3.8, 4) is 5.75 Å². The first kappa shape index (κ1) is 25.3. The molecule has 5 rings (SSSR count). The zero-order chi connectivity index (χ0) is 26.4. The van der Waals surface area contributed by atoms with Crippen molar-refractivity contribution in [2.24, 2.45) is 0 Å². The van der Waals surface area contributed by atoms with Crippen LogP contribution in [0.4, 0.5) is 13.2 Å². The number of nitrogens with zero attached hydrogens (tertiary/aromatic N) is 2. The summed E-state index contributed by atoms with van der Waals surface area (Å²) < 4.78 is 46.7. The van der Waals surface area contributed by atoms with Gasteiger partial charge in [-0.15, -0.1) is 0 Å². The van der Waals surface area contributed by atoms with Crippen LogP contribution in [0.3, 0.4) is 0 Å². The van der Waals surface area contributed by atoms with Crippen LogP contribution >= 0.6 is 0 Å². The second-order valence-electron chi connectivity index (χ2n) is 9.06. The van der Waals surface area contributed by atoms with Crippen LogP contribution in [0.25, 0.3) is 0 Å². The van der Waals surface area contributed by atoms with Gasteiger partial charge in [-0.1, -0.05) is 97.1 Å². The van der Waals surface area contributed by atoms with Crippen LogP contribution in [-0.2, 0) is 18.1 Å². The SMILES string of the molecule is FC(F)(F)c1cccc(OCCCc2cn(C(c3ccccc3)(c3ccccc3)c3ccccc3)cn2)c1. The standard InChI is InChI=1S/C32H27F3N2O/c33-32(34,35)28-18-10-20-30(22-28)38-21-11-19-29-23-37(24-36-29)31(25-12-4-1-5-13-25,26-14-6-2-7-15-26)27-16-8-3-9-17-27/h1-10,12-18,20,22-24H,11,19,21H2. The van der Waals surface area contributed by atoms with Gasteiger partial charge in [-0.3, -0.25) is 0 Å². The van der Waals surface area contributed by atoms with Gasteiger partial charge in [0.15, 0.2) is 0 Å². The predicted octanol–water partition coefficient (Wildman–Crippen LogP) is 7.75. The molecule has 0 saturated carbocycles. The number of hydrogen-bond donors (Lipinski definition) is 0. The highest BCUT2D eigenvalue weighted by molar-refractivity contribution is 5.50. The van der Waals surface area contributed by atoms with E-state index < -0.39 is 17.3 Å². The van der Waals surface area contributed by atoms with E-state index in [1.165, 1.54) is 12.1 Å². The van der Waals surface area contributed by atoms with Crippen molar-refractivity contribution in [2.75, 3.05) is 6.61 Å². The van der Waals surface area contributed by atoms with E-state index in [-0.39, 0.29) is 12.4 Å². The highest BCUT2D eigenvalue weighted by Crippen LogP contribution is 2.40.